The summed E-state index contributed by atoms with van der Waals surface area (Å²) >= 11 is 0. The zero-order chi connectivity index (χ0) is 15.1. The van der Waals surface area contributed by atoms with Gasteiger partial charge in [-0.05, 0) is 36.6 Å². The number of anilines is 1. The van der Waals surface area contributed by atoms with E-state index < -0.39 is 0 Å². The first-order chi connectivity index (χ1) is 10.7. The third-order valence-corrected chi connectivity index (χ3v) is 4.41. The van der Waals surface area contributed by atoms with E-state index in [4.69, 9.17) is 0 Å². The molecule has 0 saturated heterocycles. The minimum atomic E-state index is -0.255. The summed E-state index contributed by atoms with van der Waals surface area (Å²) in [5.41, 5.74) is 4.18. The first kappa shape index (κ1) is 13.5. The Balaban J connectivity index is 1.71. The van der Waals surface area contributed by atoms with Crippen LogP contribution < -0.4 is 10.2 Å². The number of aromatic nitrogens is 2. The third kappa shape index (κ3) is 2.11. The highest BCUT2D eigenvalue weighted by Crippen LogP contribution is 2.29. The van der Waals surface area contributed by atoms with Gasteiger partial charge >= 0.3 is 0 Å². The molecule has 0 radical (unpaired) electrons. The van der Waals surface area contributed by atoms with Crippen molar-refractivity contribution in [1.29, 1.82) is 0 Å². The Bertz CT molecular complexity index is 740. The number of aromatic amines is 1. The molecule has 2 aromatic rings. The number of hydrogen-bond donors (Lipinski definition) is 2. The topological polar surface area (TPSA) is 61.0 Å². The summed E-state index contributed by atoms with van der Waals surface area (Å²) in [6.07, 6.45) is 2.50. The van der Waals surface area contributed by atoms with Gasteiger partial charge in [0.25, 0.3) is 5.91 Å². The molecule has 0 aliphatic carbocycles. The Morgan fingerprint density at radius 2 is 2.23 bits per heavy atom. The molecule has 2 N–H and O–H groups in total. The number of benzene rings is 1. The standard InChI is InChI=1S/C16H17FN4O/c17-11-3-4-14-10(8-11)2-1-7-21(14)16(22)15-12-9-18-6-5-13(12)19-20-15/h3-4,8,18H,1-2,5-7,9H2,(H,19,20). The molecule has 2 aliphatic heterocycles. The van der Waals surface area contributed by atoms with Crippen LogP contribution >= 0.6 is 0 Å². The van der Waals surface area contributed by atoms with Gasteiger partial charge in [-0.25, -0.2) is 4.39 Å². The van der Waals surface area contributed by atoms with Crippen LogP contribution in [0.15, 0.2) is 18.2 Å². The van der Waals surface area contributed by atoms with E-state index in [9.17, 15) is 9.18 Å². The van der Waals surface area contributed by atoms with Crippen molar-refractivity contribution in [2.45, 2.75) is 25.8 Å². The predicted octanol–water partition coefficient (Wildman–Crippen LogP) is 1.79. The van der Waals surface area contributed by atoms with E-state index in [-0.39, 0.29) is 11.7 Å². The molecule has 114 valence electrons. The molecule has 6 heteroatoms. The summed E-state index contributed by atoms with van der Waals surface area (Å²) in [7, 11) is 0. The van der Waals surface area contributed by atoms with E-state index in [2.05, 4.69) is 15.5 Å². The summed E-state index contributed by atoms with van der Waals surface area (Å²) in [5.74, 6) is -0.358. The van der Waals surface area contributed by atoms with Gasteiger partial charge in [0.05, 0.1) is 0 Å². The second-order valence-corrected chi connectivity index (χ2v) is 5.79. The highest BCUT2D eigenvalue weighted by atomic mass is 19.1. The van der Waals surface area contributed by atoms with Crippen molar-refractivity contribution in [3.05, 3.63) is 46.5 Å². The van der Waals surface area contributed by atoms with Crippen LogP contribution in [0.2, 0.25) is 0 Å². The van der Waals surface area contributed by atoms with Gasteiger partial charge in [-0.2, -0.15) is 5.10 Å². The SMILES string of the molecule is O=C(c1n[nH]c2c1CNCC2)N1CCCc2cc(F)ccc21. The van der Waals surface area contributed by atoms with Gasteiger partial charge in [0, 0.05) is 43.0 Å². The lowest BCUT2D eigenvalue weighted by atomic mass is 10.00. The largest absolute Gasteiger partial charge is 0.312 e. The lowest BCUT2D eigenvalue weighted by Crippen LogP contribution is -2.37. The predicted molar refractivity (Wildman–Crippen MR) is 80.4 cm³/mol. The van der Waals surface area contributed by atoms with Gasteiger partial charge in [-0.15, -0.1) is 0 Å². The Morgan fingerprint density at radius 1 is 1.32 bits per heavy atom. The number of amides is 1. The molecule has 2 aliphatic rings. The summed E-state index contributed by atoms with van der Waals surface area (Å²) < 4.78 is 13.4. The number of fused-ring (bicyclic) bond motifs is 2. The van der Waals surface area contributed by atoms with Crippen LogP contribution in [-0.4, -0.2) is 29.2 Å². The van der Waals surface area contributed by atoms with Crippen molar-refractivity contribution < 1.29 is 9.18 Å². The third-order valence-electron chi connectivity index (χ3n) is 4.41. The van der Waals surface area contributed by atoms with E-state index in [0.29, 0.717) is 18.8 Å². The molecule has 0 bridgehead atoms. The molecular formula is C16H17FN4O. The van der Waals surface area contributed by atoms with Crippen LogP contribution in [0.4, 0.5) is 10.1 Å². The van der Waals surface area contributed by atoms with Crippen molar-refractivity contribution in [2.24, 2.45) is 0 Å². The first-order valence-corrected chi connectivity index (χ1v) is 7.61. The fraction of sp³-hybridized carbons (Fsp3) is 0.375. The first-order valence-electron chi connectivity index (χ1n) is 7.61. The molecule has 1 amide bonds. The molecular weight excluding hydrogens is 283 g/mol. The maximum Gasteiger partial charge on any atom is 0.279 e. The second kappa shape index (κ2) is 5.21. The minimum Gasteiger partial charge on any atom is -0.312 e. The number of carbonyl (C=O) groups excluding carboxylic acids is 1. The van der Waals surface area contributed by atoms with Crippen molar-refractivity contribution in [3.8, 4) is 0 Å². The molecule has 1 aromatic heterocycles. The summed E-state index contributed by atoms with van der Waals surface area (Å²) in [4.78, 5) is 14.6. The molecule has 0 unspecified atom stereocenters. The maximum atomic E-state index is 13.4. The fourth-order valence-electron chi connectivity index (χ4n) is 3.31. The molecule has 0 fully saturated rings. The number of carbonyl (C=O) groups is 1. The van der Waals surface area contributed by atoms with Crippen molar-refractivity contribution >= 4 is 11.6 Å². The Kier molecular flexibility index (Phi) is 3.18. The normalized spacial score (nSPS) is 17.0. The van der Waals surface area contributed by atoms with Gasteiger partial charge in [0.2, 0.25) is 0 Å². The van der Waals surface area contributed by atoms with Gasteiger partial charge in [0.15, 0.2) is 5.69 Å². The van der Waals surface area contributed by atoms with E-state index in [0.717, 1.165) is 48.3 Å². The zero-order valence-corrected chi connectivity index (χ0v) is 12.2. The average Bonchev–Trinajstić information content (AvgIpc) is 2.97. The Hall–Kier alpha value is -2.21. The monoisotopic (exact) mass is 300 g/mol. The number of H-pyrrole nitrogens is 1. The van der Waals surface area contributed by atoms with Gasteiger partial charge in [0.1, 0.15) is 5.82 Å². The molecule has 3 heterocycles. The average molecular weight is 300 g/mol. The van der Waals surface area contributed by atoms with E-state index in [1.54, 1.807) is 11.0 Å². The molecule has 0 atom stereocenters. The van der Waals surface area contributed by atoms with Gasteiger partial charge < -0.3 is 10.2 Å². The highest BCUT2D eigenvalue weighted by Gasteiger charge is 2.29. The molecule has 4 rings (SSSR count). The molecule has 1 aromatic carbocycles. The number of aryl methyl sites for hydroxylation is 1. The number of rotatable bonds is 1. The Morgan fingerprint density at radius 3 is 3.14 bits per heavy atom. The molecule has 22 heavy (non-hydrogen) atoms. The van der Waals surface area contributed by atoms with Gasteiger partial charge in [-0.1, -0.05) is 0 Å². The highest BCUT2D eigenvalue weighted by molar-refractivity contribution is 6.06. The second-order valence-electron chi connectivity index (χ2n) is 5.79. The zero-order valence-electron chi connectivity index (χ0n) is 12.2. The lowest BCUT2D eigenvalue weighted by molar-refractivity contribution is 0.0979. The van der Waals surface area contributed by atoms with Crippen LogP contribution in [0.5, 0.6) is 0 Å². The Labute approximate surface area is 127 Å². The summed E-state index contributed by atoms with van der Waals surface area (Å²) in [6.45, 7) is 2.21. The van der Waals surface area contributed by atoms with Crippen LogP contribution in [0.1, 0.15) is 33.7 Å². The number of hydrogen-bond acceptors (Lipinski definition) is 3. The molecule has 0 spiro atoms. The number of nitrogens with zero attached hydrogens (tertiary/aromatic N) is 2. The van der Waals surface area contributed by atoms with E-state index >= 15 is 0 Å². The van der Waals surface area contributed by atoms with E-state index in [1.807, 2.05) is 0 Å². The molecule has 0 saturated carbocycles. The van der Waals surface area contributed by atoms with Crippen molar-refractivity contribution in [3.63, 3.8) is 0 Å². The van der Waals surface area contributed by atoms with Crippen LogP contribution in [-0.2, 0) is 19.4 Å². The van der Waals surface area contributed by atoms with Crippen molar-refractivity contribution in [1.82, 2.24) is 15.5 Å². The lowest BCUT2D eigenvalue weighted by Gasteiger charge is -2.29. The van der Waals surface area contributed by atoms with Crippen LogP contribution in [0, 0.1) is 5.82 Å². The number of nitrogens with one attached hydrogen (secondary N) is 2. The quantitative estimate of drug-likeness (QED) is 0.844. The summed E-state index contributed by atoms with van der Waals surface area (Å²) in [6, 6.07) is 4.63. The fourth-order valence-corrected chi connectivity index (χ4v) is 3.31. The number of halogens is 1. The van der Waals surface area contributed by atoms with E-state index in [1.165, 1.54) is 12.1 Å². The smallest absolute Gasteiger partial charge is 0.279 e. The molecule has 5 nitrogen and oxygen atoms in total. The van der Waals surface area contributed by atoms with Gasteiger partial charge in [-0.3, -0.25) is 9.89 Å². The van der Waals surface area contributed by atoms with Crippen molar-refractivity contribution in [2.75, 3.05) is 18.0 Å². The summed E-state index contributed by atoms with van der Waals surface area (Å²) in [5, 5.41) is 10.5. The van der Waals surface area contributed by atoms with Crippen LogP contribution in [0.25, 0.3) is 0 Å². The maximum absolute atomic E-state index is 13.4. The van der Waals surface area contributed by atoms with Crippen LogP contribution in [0.3, 0.4) is 0 Å². The minimum absolute atomic E-state index is 0.103.